The molecule has 0 saturated heterocycles. The summed E-state index contributed by atoms with van der Waals surface area (Å²) in [5.41, 5.74) is 1.50. The molecule has 0 bridgehead atoms. The number of benzene rings is 1. The number of ether oxygens (including phenoxy) is 1. The van der Waals surface area contributed by atoms with Gasteiger partial charge in [-0.2, -0.15) is 5.10 Å². The average molecular weight is 301 g/mol. The van der Waals surface area contributed by atoms with Crippen LogP contribution >= 0.6 is 0 Å². The lowest BCUT2D eigenvalue weighted by Gasteiger charge is -2.21. The van der Waals surface area contributed by atoms with Gasteiger partial charge in [-0.25, -0.2) is 4.79 Å². The number of carbonyl (C=O) groups is 2. The van der Waals surface area contributed by atoms with Crippen LogP contribution in [0.1, 0.15) is 32.5 Å². The fourth-order valence-corrected chi connectivity index (χ4v) is 1.87. The number of aldehydes is 1. The molecule has 1 heterocycles. The molecular formula is C16H19N3O3. The predicted molar refractivity (Wildman–Crippen MR) is 82.2 cm³/mol. The minimum absolute atomic E-state index is 0.500. The smallest absolute Gasteiger partial charge is 0.408 e. The van der Waals surface area contributed by atoms with E-state index in [-0.39, 0.29) is 0 Å². The maximum atomic E-state index is 11.8. The summed E-state index contributed by atoms with van der Waals surface area (Å²) >= 11 is 0. The molecule has 2 rings (SSSR count). The van der Waals surface area contributed by atoms with Gasteiger partial charge in [-0.3, -0.25) is 5.10 Å². The molecule has 0 aliphatic rings. The summed E-state index contributed by atoms with van der Waals surface area (Å²) in [6.45, 7) is 5.27. The van der Waals surface area contributed by atoms with Crippen molar-refractivity contribution in [2.75, 3.05) is 0 Å². The van der Waals surface area contributed by atoms with Gasteiger partial charge in [0.15, 0.2) is 0 Å². The Hall–Kier alpha value is -2.63. The van der Waals surface area contributed by atoms with Crippen molar-refractivity contribution in [2.24, 2.45) is 0 Å². The van der Waals surface area contributed by atoms with Crippen molar-refractivity contribution >= 4 is 12.4 Å². The molecule has 22 heavy (non-hydrogen) atoms. The molecule has 1 amide bonds. The highest BCUT2D eigenvalue weighted by Crippen LogP contribution is 2.20. The molecule has 1 aromatic carbocycles. The lowest BCUT2D eigenvalue weighted by atomic mass is 10.1. The highest BCUT2D eigenvalue weighted by atomic mass is 16.6. The quantitative estimate of drug-likeness (QED) is 0.850. The number of amides is 1. The number of hydrogen-bond donors (Lipinski definition) is 2. The molecule has 0 fully saturated rings. The number of alkyl carbamates (subject to hydrolysis) is 1. The summed E-state index contributed by atoms with van der Waals surface area (Å²) in [6, 6.07) is 10.4. The molecular weight excluding hydrogens is 282 g/mol. The normalized spacial score (nSPS) is 12.5. The van der Waals surface area contributed by atoms with E-state index in [0.717, 1.165) is 5.56 Å². The van der Waals surface area contributed by atoms with Crippen LogP contribution in [0.3, 0.4) is 0 Å². The number of carbonyl (C=O) groups excluding carboxylic acids is 2. The maximum absolute atomic E-state index is 11.8. The molecule has 6 nitrogen and oxygen atoms in total. The fraction of sp³-hybridized carbons (Fsp3) is 0.312. The van der Waals surface area contributed by atoms with Crippen molar-refractivity contribution in [3.8, 4) is 11.3 Å². The molecule has 0 spiro atoms. The van der Waals surface area contributed by atoms with Crippen molar-refractivity contribution in [1.82, 2.24) is 15.5 Å². The monoisotopic (exact) mass is 301 g/mol. The molecule has 116 valence electrons. The van der Waals surface area contributed by atoms with E-state index in [2.05, 4.69) is 15.5 Å². The topological polar surface area (TPSA) is 84.1 Å². The molecule has 0 aliphatic carbocycles. The largest absolute Gasteiger partial charge is 0.444 e. The average Bonchev–Trinajstić information content (AvgIpc) is 2.93. The van der Waals surface area contributed by atoms with Gasteiger partial charge >= 0.3 is 6.09 Å². The van der Waals surface area contributed by atoms with Crippen LogP contribution in [0.2, 0.25) is 0 Å². The van der Waals surface area contributed by atoms with Gasteiger partial charge in [-0.15, -0.1) is 0 Å². The minimum Gasteiger partial charge on any atom is -0.444 e. The second-order valence-corrected chi connectivity index (χ2v) is 5.83. The van der Waals surface area contributed by atoms with Crippen LogP contribution < -0.4 is 5.32 Å². The molecule has 0 radical (unpaired) electrons. The van der Waals surface area contributed by atoms with Crippen LogP contribution in [0.4, 0.5) is 4.79 Å². The third kappa shape index (κ3) is 4.18. The lowest BCUT2D eigenvalue weighted by molar-refractivity contribution is -0.109. The number of hydrogen-bond acceptors (Lipinski definition) is 4. The van der Waals surface area contributed by atoms with E-state index in [1.807, 2.05) is 30.3 Å². The second kappa shape index (κ2) is 6.43. The van der Waals surface area contributed by atoms with Crippen LogP contribution in [0.5, 0.6) is 0 Å². The van der Waals surface area contributed by atoms with Gasteiger partial charge in [0.1, 0.15) is 17.9 Å². The van der Waals surface area contributed by atoms with Crippen LogP contribution in [0, 0.1) is 0 Å². The molecule has 1 unspecified atom stereocenters. The van der Waals surface area contributed by atoms with Crippen molar-refractivity contribution in [3.05, 3.63) is 42.1 Å². The Morgan fingerprint density at radius 2 is 2.00 bits per heavy atom. The number of nitrogens with zero attached hydrogens (tertiary/aromatic N) is 1. The van der Waals surface area contributed by atoms with Crippen molar-refractivity contribution in [1.29, 1.82) is 0 Å². The first-order valence-electron chi connectivity index (χ1n) is 6.94. The Kier molecular flexibility index (Phi) is 4.60. The Labute approximate surface area is 128 Å². The van der Waals surface area contributed by atoms with E-state index < -0.39 is 17.7 Å². The standard InChI is InChI=1S/C16H19N3O3/c1-16(2,3)22-15(21)17-14(10-20)13-9-12(18-19-13)11-7-5-4-6-8-11/h4-10,14H,1-3H3,(H,17,21)(H,18,19). The van der Waals surface area contributed by atoms with Crippen LogP contribution in [0.25, 0.3) is 11.3 Å². The predicted octanol–water partition coefficient (Wildman–Crippen LogP) is 2.84. The number of aromatic amines is 1. The third-order valence-electron chi connectivity index (χ3n) is 2.81. The summed E-state index contributed by atoms with van der Waals surface area (Å²) in [4.78, 5) is 23.0. The van der Waals surface area contributed by atoms with Gasteiger partial charge in [0.05, 0.1) is 11.4 Å². The maximum Gasteiger partial charge on any atom is 0.408 e. The van der Waals surface area contributed by atoms with E-state index in [1.165, 1.54) is 0 Å². The van der Waals surface area contributed by atoms with Gasteiger partial charge in [-0.05, 0) is 26.8 Å². The second-order valence-electron chi connectivity index (χ2n) is 5.83. The van der Waals surface area contributed by atoms with Crippen LogP contribution in [-0.4, -0.2) is 28.2 Å². The number of rotatable bonds is 4. The summed E-state index contributed by atoms with van der Waals surface area (Å²) in [5, 5.41) is 9.44. The highest BCUT2D eigenvalue weighted by molar-refractivity contribution is 5.74. The van der Waals surface area contributed by atoms with Gasteiger partial charge in [0, 0.05) is 5.56 Å². The van der Waals surface area contributed by atoms with Crippen molar-refractivity contribution < 1.29 is 14.3 Å². The lowest BCUT2D eigenvalue weighted by Crippen LogP contribution is -2.35. The molecule has 1 atom stereocenters. The van der Waals surface area contributed by atoms with E-state index >= 15 is 0 Å². The number of aromatic nitrogens is 2. The first-order chi connectivity index (χ1) is 10.4. The zero-order valence-electron chi connectivity index (χ0n) is 12.8. The van der Waals surface area contributed by atoms with E-state index in [9.17, 15) is 9.59 Å². The first-order valence-corrected chi connectivity index (χ1v) is 6.94. The SMILES string of the molecule is CC(C)(C)OC(=O)NC(C=O)c1cc(-c2ccccc2)n[nH]1. The zero-order chi connectivity index (χ0) is 16.2. The van der Waals surface area contributed by atoms with Crippen molar-refractivity contribution in [3.63, 3.8) is 0 Å². The minimum atomic E-state index is -0.834. The molecule has 0 aliphatic heterocycles. The Bertz CT molecular complexity index is 644. The van der Waals surface area contributed by atoms with E-state index in [1.54, 1.807) is 26.8 Å². The Morgan fingerprint density at radius 3 is 2.59 bits per heavy atom. The Balaban J connectivity index is 2.11. The van der Waals surface area contributed by atoms with Gasteiger partial charge < -0.3 is 14.8 Å². The van der Waals surface area contributed by atoms with Gasteiger partial charge in [-0.1, -0.05) is 30.3 Å². The van der Waals surface area contributed by atoms with Crippen LogP contribution in [0.15, 0.2) is 36.4 Å². The van der Waals surface area contributed by atoms with Crippen molar-refractivity contribution in [2.45, 2.75) is 32.4 Å². The van der Waals surface area contributed by atoms with E-state index in [4.69, 9.17) is 4.74 Å². The molecule has 1 aromatic heterocycles. The summed E-state index contributed by atoms with van der Waals surface area (Å²) < 4.78 is 5.14. The first kappa shape index (κ1) is 15.8. The van der Waals surface area contributed by atoms with E-state index in [0.29, 0.717) is 17.7 Å². The van der Waals surface area contributed by atoms with Gasteiger partial charge in [0.25, 0.3) is 0 Å². The zero-order valence-corrected chi connectivity index (χ0v) is 12.8. The molecule has 6 heteroatoms. The molecule has 0 saturated carbocycles. The molecule has 2 aromatic rings. The number of H-pyrrole nitrogens is 1. The Morgan fingerprint density at radius 1 is 1.32 bits per heavy atom. The summed E-state index contributed by atoms with van der Waals surface area (Å²) in [6.07, 6.45) is -0.0212. The third-order valence-corrected chi connectivity index (χ3v) is 2.81. The summed E-state index contributed by atoms with van der Waals surface area (Å²) in [5.74, 6) is 0. The summed E-state index contributed by atoms with van der Waals surface area (Å²) in [7, 11) is 0. The van der Waals surface area contributed by atoms with Gasteiger partial charge in [0.2, 0.25) is 0 Å². The number of nitrogens with one attached hydrogen (secondary N) is 2. The van der Waals surface area contributed by atoms with Crippen LogP contribution in [-0.2, 0) is 9.53 Å². The highest BCUT2D eigenvalue weighted by Gasteiger charge is 2.21. The molecule has 2 N–H and O–H groups in total. The fourth-order valence-electron chi connectivity index (χ4n) is 1.87.